The molecule has 1 atom stereocenters. The molecule has 15 heavy (non-hydrogen) atoms. The molecule has 1 heterocycles. The van der Waals surface area contributed by atoms with E-state index in [0.29, 0.717) is 12.2 Å². The topological polar surface area (TPSA) is 95.1 Å². The van der Waals surface area contributed by atoms with Crippen LogP contribution in [0.1, 0.15) is 19.2 Å². The highest BCUT2D eigenvalue weighted by atomic mass is 32.2. The number of imidazole rings is 1. The average Bonchev–Trinajstić information content (AvgIpc) is 2.51. The van der Waals surface area contributed by atoms with Gasteiger partial charge in [0.15, 0.2) is 5.03 Å². The number of aromatic nitrogens is 2. The molecule has 0 bridgehead atoms. The Morgan fingerprint density at radius 3 is 2.80 bits per heavy atom. The predicted molar refractivity (Wildman–Crippen MR) is 54.8 cm³/mol. The number of aryl methyl sites for hydroxylation is 1. The minimum atomic E-state index is -3.51. The fourth-order valence-corrected chi connectivity index (χ4v) is 2.03. The molecule has 3 N–H and O–H groups in total. The van der Waals surface area contributed by atoms with Crippen LogP contribution in [-0.4, -0.2) is 36.1 Å². The van der Waals surface area contributed by atoms with Crippen molar-refractivity contribution in [1.29, 1.82) is 0 Å². The van der Waals surface area contributed by atoms with Gasteiger partial charge in [-0.1, -0.05) is 0 Å². The Balaban J connectivity index is 2.60. The lowest BCUT2D eigenvalue weighted by Crippen LogP contribution is -2.27. The largest absolute Gasteiger partial charge is 0.393 e. The maximum Gasteiger partial charge on any atom is 0.257 e. The van der Waals surface area contributed by atoms with Crippen LogP contribution in [0, 0.1) is 6.92 Å². The molecule has 0 saturated heterocycles. The number of rotatable bonds is 5. The third-order valence-electron chi connectivity index (χ3n) is 1.82. The lowest BCUT2D eigenvalue weighted by atomic mass is 10.3. The summed E-state index contributed by atoms with van der Waals surface area (Å²) < 4.78 is 25.5. The normalized spacial score (nSPS) is 14.1. The third-order valence-corrected chi connectivity index (χ3v) is 3.19. The van der Waals surface area contributed by atoms with E-state index in [2.05, 4.69) is 14.7 Å². The van der Waals surface area contributed by atoms with Gasteiger partial charge in [-0.2, -0.15) is 0 Å². The van der Waals surface area contributed by atoms with Gasteiger partial charge in [0, 0.05) is 6.54 Å². The van der Waals surface area contributed by atoms with Crippen molar-refractivity contribution >= 4 is 10.0 Å². The number of H-pyrrole nitrogens is 1. The van der Waals surface area contributed by atoms with Crippen LogP contribution in [0.25, 0.3) is 0 Å². The second kappa shape index (κ2) is 4.73. The zero-order valence-electron chi connectivity index (χ0n) is 8.69. The molecule has 6 nitrogen and oxygen atoms in total. The fourth-order valence-electron chi connectivity index (χ4n) is 1.01. The summed E-state index contributed by atoms with van der Waals surface area (Å²) >= 11 is 0. The standard InChI is InChI=1S/C8H15N3O3S/c1-6(12)3-4-10-15(13,14)8-5-9-7(2)11-8/h5-6,10,12H,3-4H2,1-2H3,(H,9,11). The lowest BCUT2D eigenvalue weighted by molar-refractivity contribution is 0.186. The highest BCUT2D eigenvalue weighted by Crippen LogP contribution is 2.04. The summed E-state index contributed by atoms with van der Waals surface area (Å²) in [6.45, 7) is 3.49. The van der Waals surface area contributed by atoms with Gasteiger partial charge < -0.3 is 10.1 Å². The van der Waals surface area contributed by atoms with E-state index >= 15 is 0 Å². The number of nitrogens with one attached hydrogen (secondary N) is 2. The van der Waals surface area contributed by atoms with Crippen molar-refractivity contribution in [2.24, 2.45) is 0 Å². The van der Waals surface area contributed by atoms with Gasteiger partial charge in [0.05, 0.1) is 12.3 Å². The van der Waals surface area contributed by atoms with Crippen LogP contribution in [0.15, 0.2) is 11.2 Å². The third kappa shape index (κ3) is 3.61. The van der Waals surface area contributed by atoms with Gasteiger partial charge in [-0.15, -0.1) is 0 Å². The molecular formula is C8H15N3O3S. The van der Waals surface area contributed by atoms with Crippen LogP contribution in [0.2, 0.25) is 0 Å². The van der Waals surface area contributed by atoms with Crippen molar-refractivity contribution in [2.75, 3.05) is 6.54 Å². The lowest BCUT2D eigenvalue weighted by Gasteiger charge is -2.05. The molecule has 86 valence electrons. The number of hydrogen-bond donors (Lipinski definition) is 3. The second-order valence-corrected chi connectivity index (χ2v) is 5.10. The van der Waals surface area contributed by atoms with Gasteiger partial charge in [-0.05, 0) is 20.3 Å². The van der Waals surface area contributed by atoms with Crippen LogP contribution >= 0.6 is 0 Å². The van der Waals surface area contributed by atoms with E-state index in [-0.39, 0.29) is 11.6 Å². The summed E-state index contributed by atoms with van der Waals surface area (Å²) in [5.41, 5.74) is 0. The molecule has 0 aromatic carbocycles. The quantitative estimate of drug-likeness (QED) is 0.654. The Kier molecular flexibility index (Phi) is 3.83. The number of aromatic amines is 1. The number of aliphatic hydroxyl groups excluding tert-OH is 1. The Hall–Kier alpha value is -0.920. The number of aliphatic hydroxyl groups is 1. The highest BCUT2D eigenvalue weighted by Gasteiger charge is 2.15. The molecule has 1 rings (SSSR count). The Morgan fingerprint density at radius 1 is 1.67 bits per heavy atom. The molecule has 0 aliphatic carbocycles. The monoisotopic (exact) mass is 233 g/mol. The molecule has 0 radical (unpaired) electrons. The van der Waals surface area contributed by atoms with Gasteiger partial charge in [0.1, 0.15) is 5.82 Å². The van der Waals surface area contributed by atoms with E-state index in [1.165, 1.54) is 6.20 Å². The van der Waals surface area contributed by atoms with E-state index in [9.17, 15) is 8.42 Å². The molecule has 0 aliphatic heterocycles. The van der Waals surface area contributed by atoms with E-state index in [0.717, 1.165) is 0 Å². The zero-order valence-corrected chi connectivity index (χ0v) is 9.50. The summed E-state index contributed by atoms with van der Waals surface area (Å²) in [4.78, 5) is 6.43. The maximum atomic E-state index is 11.6. The Labute approximate surface area is 88.8 Å². The van der Waals surface area contributed by atoms with Crippen molar-refractivity contribution in [3.63, 3.8) is 0 Å². The number of sulfonamides is 1. The summed E-state index contributed by atoms with van der Waals surface area (Å²) in [5.74, 6) is 0.547. The second-order valence-electron chi connectivity index (χ2n) is 3.37. The number of hydrogen-bond acceptors (Lipinski definition) is 4. The maximum absolute atomic E-state index is 11.6. The summed E-state index contributed by atoms with van der Waals surface area (Å²) in [7, 11) is -3.51. The minimum absolute atomic E-state index is 0.0468. The Bertz CT molecular complexity index is 411. The molecule has 0 saturated carbocycles. The average molecular weight is 233 g/mol. The van der Waals surface area contributed by atoms with Crippen LogP contribution in [0.3, 0.4) is 0 Å². The van der Waals surface area contributed by atoms with Crippen LogP contribution < -0.4 is 4.72 Å². The summed E-state index contributed by atoms with van der Waals surface area (Å²) in [6, 6.07) is 0. The predicted octanol–water partition coefficient (Wildman–Crippen LogP) is -0.233. The van der Waals surface area contributed by atoms with Gasteiger partial charge in [-0.3, -0.25) is 0 Å². The van der Waals surface area contributed by atoms with Crippen molar-refractivity contribution in [1.82, 2.24) is 14.7 Å². The Morgan fingerprint density at radius 2 is 2.33 bits per heavy atom. The van der Waals surface area contributed by atoms with E-state index in [1.807, 2.05) is 0 Å². The molecule has 0 aliphatic rings. The minimum Gasteiger partial charge on any atom is -0.393 e. The van der Waals surface area contributed by atoms with E-state index in [1.54, 1.807) is 13.8 Å². The van der Waals surface area contributed by atoms with E-state index < -0.39 is 16.1 Å². The van der Waals surface area contributed by atoms with Gasteiger partial charge in [0.2, 0.25) is 0 Å². The van der Waals surface area contributed by atoms with Crippen LogP contribution in [-0.2, 0) is 10.0 Å². The van der Waals surface area contributed by atoms with Crippen LogP contribution in [0.4, 0.5) is 0 Å². The first-order valence-electron chi connectivity index (χ1n) is 4.61. The first kappa shape index (κ1) is 12.2. The molecule has 0 fully saturated rings. The van der Waals surface area contributed by atoms with Crippen molar-refractivity contribution in [3.05, 3.63) is 12.0 Å². The molecule has 7 heteroatoms. The molecular weight excluding hydrogens is 218 g/mol. The smallest absolute Gasteiger partial charge is 0.257 e. The van der Waals surface area contributed by atoms with Crippen molar-refractivity contribution < 1.29 is 13.5 Å². The summed E-state index contributed by atoms with van der Waals surface area (Å²) in [6.07, 6.45) is 1.13. The summed E-state index contributed by atoms with van der Waals surface area (Å²) in [5, 5.41) is 9.02. The van der Waals surface area contributed by atoms with Gasteiger partial charge in [0.25, 0.3) is 10.0 Å². The molecule has 0 spiro atoms. The zero-order chi connectivity index (χ0) is 11.5. The number of nitrogens with zero attached hydrogens (tertiary/aromatic N) is 1. The van der Waals surface area contributed by atoms with Crippen LogP contribution in [0.5, 0.6) is 0 Å². The highest BCUT2D eigenvalue weighted by molar-refractivity contribution is 7.89. The molecule has 0 amide bonds. The molecule has 1 aromatic heterocycles. The van der Waals surface area contributed by atoms with E-state index in [4.69, 9.17) is 5.11 Å². The van der Waals surface area contributed by atoms with Gasteiger partial charge in [-0.25, -0.2) is 18.1 Å². The SMILES string of the molecule is Cc1ncc(S(=O)(=O)NCCC(C)O)[nH]1. The first-order chi connectivity index (χ1) is 6.92. The fraction of sp³-hybridized carbons (Fsp3) is 0.625. The molecule has 1 unspecified atom stereocenters. The first-order valence-corrected chi connectivity index (χ1v) is 6.09. The van der Waals surface area contributed by atoms with Gasteiger partial charge >= 0.3 is 0 Å². The molecule has 1 aromatic rings. The van der Waals surface area contributed by atoms with Crippen molar-refractivity contribution in [3.8, 4) is 0 Å². The van der Waals surface area contributed by atoms with Crippen molar-refractivity contribution in [2.45, 2.75) is 31.4 Å².